The van der Waals surface area contributed by atoms with E-state index in [1.54, 1.807) is 7.11 Å². The van der Waals surface area contributed by atoms with E-state index < -0.39 is 0 Å². The summed E-state index contributed by atoms with van der Waals surface area (Å²) < 4.78 is 5.17. The molecule has 1 saturated heterocycles. The SMILES string of the molecule is CN=C(NCCN1CCCCC1)NCc1ccc(OC)cc1. The Morgan fingerprint density at radius 2 is 1.86 bits per heavy atom. The number of methoxy groups -OCH3 is 1. The average molecular weight is 304 g/mol. The molecule has 0 spiro atoms. The molecule has 122 valence electrons. The van der Waals surface area contributed by atoms with Crippen LogP contribution in [0, 0.1) is 0 Å². The molecule has 0 atom stereocenters. The third-order valence-corrected chi connectivity index (χ3v) is 4.01. The van der Waals surface area contributed by atoms with Crippen molar-refractivity contribution in [3.63, 3.8) is 0 Å². The predicted octanol–water partition coefficient (Wildman–Crippen LogP) is 1.85. The van der Waals surface area contributed by atoms with Gasteiger partial charge >= 0.3 is 0 Å². The molecule has 0 unspecified atom stereocenters. The molecule has 1 aliphatic heterocycles. The topological polar surface area (TPSA) is 48.9 Å². The fraction of sp³-hybridized carbons (Fsp3) is 0.588. The van der Waals surface area contributed by atoms with Gasteiger partial charge in [0.05, 0.1) is 7.11 Å². The van der Waals surface area contributed by atoms with E-state index in [2.05, 4.69) is 32.7 Å². The third-order valence-electron chi connectivity index (χ3n) is 4.01. The monoisotopic (exact) mass is 304 g/mol. The normalized spacial score (nSPS) is 16.4. The highest BCUT2D eigenvalue weighted by Crippen LogP contribution is 2.10. The van der Waals surface area contributed by atoms with E-state index in [0.29, 0.717) is 0 Å². The number of nitrogens with one attached hydrogen (secondary N) is 2. The Morgan fingerprint density at radius 3 is 2.50 bits per heavy atom. The second-order valence-electron chi connectivity index (χ2n) is 5.60. The summed E-state index contributed by atoms with van der Waals surface area (Å²) in [5.74, 6) is 1.74. The van der Waals surface area contributed by atoms with Crippen LogP contribution in [0.5, 0.6) is 5.75 Å². The van der Waals surface area contributed by atoms with E-state index in [4.69, 9.17) is 4.74 Å². The Kier molecular flexibility index (Phi) is 7.03. The third kappa shape index (κ3) is 5.56. The van der Waals surface area contributed by atoms with Crippen LogP contribution in [0.1, 0.15) is 24.8 Å². The molecule has 0 aliphatic carbocycles. The van der Waals surface area contributed by atoms with E-state index in [-0.39, 0.29) is 0 Å². The maximum atomic E-state index is 5.17. The van der Waals surface area contributed by atoms with Crippen molar-refractivity contribution < 1.29 is 4.74 Å². The van der Waals surface area contributed by atoms with Crippen molar-refractivity contribution in [2.45, 2.75) is 25.8 Å². The number of likely N-dealkylation sites (tertiary alicyclic amines) is 1. The molecular weight excluding hydrogens is 276 g/mol. The molecule has 22 heavy (non-hydrogen) atoms. The Morgan fingerprint density at radius 1 is 1.14 bits per heavy atom. The van der Waals surface area contributed by atoms with Gasteiger partial charge in [0.25, 0.3) is 0 Å². The Hall–Kier alpha value is -1.75. The van der Waals surface area contributed by atoms with Gasteiger partial charge in [-0.1, -0.05) is 18.6 Å². The number of aliphatic imine (C=N–C) groups is 1. The van der Waals surface area contributed by atoms with Crippen molar-refractivity contribution >= 4 is 5.96 Å². The molecule has 1 heterocycles. The van der Waals surface area contributed by atoms with Gasteiger partial charge in [-0.2, -0.15) is 0 Å². The number of ether oxygens (including phenoxy) is 1. The number of hydrogen-bond acceptors (Lipinski definition) is 3. The van der Waals surface area contributed by atoms with Crippen LogP contribution in [0.25, 0.3) is 0 Å². The number of guanidine groups is 1. The van der Waals surface area contributed by atoms with E-state index in [0.717, 1.165) is 31.3 Å². The van der Waals surface area contributed by atoms with Crippen molar-refractivity contribution in [1.29, 1.82) is 0 Å². The van der Waals surface area contributed by atoms with Crippen LogP contribution in [0.3, 0.4) is 0 Å². The van der Waals surface area contributed by atoms with Gasteiger partial charge in [0.2, 0.25) is 0 Å². The number of nitrogens with zero attached hydrogens (tertiary/aromatic N) is 2. The highest BCUT2D eigenvalue weighted by Gasteiger charge is 2.09. The fourth-order valence-electron chi connectivity index (χ4n) is 2.67. The van der Waals surface area contributed by atoms with Gasteiger partial charge in [-0.05, 0) is 43.6 Å². The molecule has 0 radical (unpaired) electrons. The molecule has 0 bridgehead atoms. The van der Waals surface area contributed by atoms with Crippen molar-refractivity contribution in [3.05, 3.63) is 29.8 Å². The highest BCUT2D eigenvalue weighted by molar-refractivity contribution is 5.79. The minimum Gasteiger partial charge on any atom is -0.497 e. The number of hydrogen-bond donors (Lipinski definition) is 2. The van der Waals surface area contributed by atoms with Crippen molar-refractivity contribution in [2.75, 3.05) is 40.3 Å². The molecule has 2 rings (SSSR count). The summed E-state index contributed by atoms with van der Waals surface area (Å²) in [4.78, 5) is 6.79. The lowest BCUT2D eigenvalue weighted by Crippen LogP contribution is -2.42. The summed E-state index contributed by atoms with van der Waals surface area (Å²) in [5, 5.41) is 6.72. The average Bonchev–Trinajstić information content (AvgIpc) is 2.59. The summed E-state index contributed by atoms with van der Waals surface area (Å²) >= 11 is 0. The first-order valence-electron chi connectivity index (χ1n) is 8.11. The summed E-state index contributed by atoms with van der Waals surface area (Å²) in [6, 6.07) is 8.08. The summed E-state index contributed by atoms with van der Waals surface area (Å²) in [5.41, 5.74) is 1.21. The van der Waals surface area contributed by atoms with Crippen LogP contribution < -0.4 is 15.4 Å². The number of rotatable bonds is 6. The molecule has 0 aromatic heterocycles. The zero-order valence-corrected chi connectivity index (χ0v) is 13.8. The minimum atomic E-state index is 0.757. The molecule has 0 amide bonds. The van der Waals surface area contributed by atoms with Gasteiger partial charge < -0.3 is 20.3 Å². The zero-order valence-electron chi connectivity index (χ0n) is 13.8. The van der Waals surface area contributed by atoms with Gasteiger partial charge in [-0.15, -0.1) is 0 Å². The lowest BCUT2D eigenvalue weighted by atomic mass is 10.1. The lowest BCUT2D eigenvalue weighted by Gasteiger charge is -2.26. The molecular formula is C17H28N4O. The van der Waals surface area contributed by atoms with Crippen LogP contribution in [0.4, 0.5) is 0 Å². The predicted molar refractivity (Wildman–Crippen MR) is 91.5 cm³/mol. The Labute approximate surface area is 133 Å². The highest BCUT2D eigenvalue weighted by atomic mass is 16.5. The number of piperidine rings is 1. The molecule has 5 nitrogen and oxygen atoms in total. The first kappa shape index (κ1) is 16.6. The van der Waals surface area contributed by atoms with Gasteiger partial charge in [-0.3, -0.25) is 4.99 Å². The van der Waals surface area contributed by atoms with Crippen molar-refractivity contribution in [2.24, 2.45) is 4.99 Å². The van der Waals surface area contributed by atoms with Gasteiger partial charge in [0, 0.05) is 26.7 Å². The Balaban J connectivity index is 1.67. The summed E-state index contributed by atoms with van der Waals surface area (Å²) in [7, 11) is 3.49. The van der Waals surface area contributed by atoms with E-state index >= 15 is 0 Å². The second kappa shape index (κ2) is 9.30. The van der Waals surface area contributed by atoms with Gasteiger partial charge in [0.15, 0.2) is 5.96 Å². The second-order valence-corrected chi connectivity index (χ2v) is 5.60. The van der Waals surface area contributed by atoms with E-state index in [1.807, 2.05) is 19.2 Å². The van der Waals surface area contributed by atoms with E-state index in [9.17, 15) is 0 Å². The smallest absolute Gasteiger partial charge is 0.191 e. The van der Waals surface area contributed by atoms with Crippen LogP contribution in [0.15, 0.2) is 29.3 Å². The summed E-state index contributed by atoms with van der Waals surface area (Å²) in [6.07, 6.45) is 4.06. The summed E-state index contributed by atoms with van der Waals surface area (Å²) in [6.45, 7) is 5.25. The maximum absolute atomic E-state index is 5.17. The molecule has 1 aliphatic rings. The molecule has 2 N–H and O–H groups in total. The first-order valence-corrected chi connectivity index (χ1v) is 8.11. The first-order chi connectivity index (χ1) is 10.8. The van der Waals surface area contributed by atoms with Gasteiger partial charge in [0.1, 0.15) is 5.75 Å². The molecule has 1 fully saturated rings. The standard InChI is InChI=1S/C17H28N4O/c1-18-17(19-10-13-21-11-4-3-5-12-21)20-14-15-6-8-16(22-2)9-7-15/h6-9H,3-5,10-14H2,1-2H3,(H2,18,19,20). The van der Waals surface area contributed by atoms with Crippen LogP contribution in [-0.4, -0.2) is 51.2 Å². The molecule has 5 heteroatoms. The van der Waals surface area contributed by atoms with Crippen molar-refractivity contribution in [1.82, 2.24) is 15.5 Å². The lowest BCUT2D eigenvalue weighted by molar-refractivity contribution is 0.232. The zero-order chi connectivity index (χ0) is 15.6. The maximum Gasteiger partial charge on any atom is 0.191 e. The minimum absolute atomic E-state index is 0.757. The molecule has 0 saturated carbocycles. The number of benzene rings is 1. The van der Waals surface area contributed by atoms with Crippen LogP contribution in [-0.2, 0) is 6.54 Å². The quantitative estimate of drug-likeness (QED) is 0.622. The van der Waals surface area contributed by atoms with Crippen LogP contribution in [0.2, 0.25) is 0 Å². The fourth-order valence-corrected chi connectivity index (χ4v) is 2.67. The molecule has 1 aromatic carbocycles. The Bertz CT molecular complexity index is 452. The van der Waals surface area contributed by atoms with Crippen LogP contribution >= 0.6 is 0 Å². The molecule has 1 aromatic rings. The largest absolute Gasteiger partial charge is 0.497 e. The van der Waals surface area contributed by atoms with Crippen molar-refractivity contribution in [3.8, 4) is 5.75 Å². The van der Waals surface area contributed by atoms with E-state index in [1.165, 1.54) is 37.9 Å². The van der Waals surface area contributed by atoms with Gasteiger partial charge in [-0.25, -0.2) is 0 Å².